The standard InChI is InChI=1S/C23H21NO/c25-22(17-18-9-3-1-4-10-18)24-16-15-19-11-7-8-14-21(19)23(24)20-12-5-2-6-13-20/h1-14,23H,15-17H2. The van der Waals surface area contributed by atoms with Crippen molar-refractivity contribution in [1.82, 2.24) is 4.90 Å². The Morgan fingerprint density at radius 2 is 1.48 bits per heavy atom. The number of rotatable bonds is 3. The Kier molecular flexibility index (Phi) is 4.34. The first kappa shape index (κ1) is 15.6. The van der Waals surface area contributed by atoms with Crippen LogP contribution in [0.2, 0.25) is 0 Å². The lowest BCUT2D eigenvalue weighted by atomic mass is 9.88. The molecule has 3 aromatic rings. The molecular weight excluding hydrogens is 306 g/mol. The van der Waals surface area contributed by atoms with Gasteiger partial charge in [-0.2, -0.15) is 0 Å². The third-order valence-electron chi connectivity index (χ3n) is 4.92. The van der Waals surface area contributed by atoms with Gasteiger partial charge >= 0.3 is 0 Å². The molecule has 0 aromatic heterocycles. The van der Waals surface area contributed by atoms with E-state index in [0.717, 1.165) is 18.5 Å². The summed E-state index contributed by atoms with van der Waals surface area (Å²) in [5.74, 6) is 0.189. The average Bonchev–Trinajstić information content (AvgIpc) is 2.68. The molecule has 1 aliphatic heterocycles. The maximum Gasteiger partial charge on any atom is 0.227 e. The normalized spacial score (nSPS) is 16.3. The van der Waals surface area contributed by atoms with E-state index in [4.69, 9.17) is 0 Å². The SMILES string of the molecule is O=C(Cc1ccccc1)N1CCc2ccccc2C1c1ccccc1. The van der Waals surface area contributed by atoms with Crippen molar-refractivity contribution in [2.45, 2.75) is 18.9 Å². The first-order valence-electron chi connectivity index (χ1n) is 8.79. The zero-order chi connectivity index (χ0) is 17.1. The highest BCUT2D eigenvalue weighted by molar-refractivity contribution is 5.80. The second-order valence-electron chi connectivity index (χ2n) is 6.51. The first-order valence-corrected chi connectivity index (χ1v) is 8.79. The van der Waals surface area contributed by atoms with Crippen LogP contribution in [-0.2, 0) is 17.6 Å². The summed E-state index contributed by atoms with van der Waals surface area (Å²) in [7, 11) is 0. The zero-order valence-corrected chi connectivity index (χ0v) is 14.1. The lowest BCUT2D eigenvalue weighted by Gasteiger charge is -2.38. The van der Waals surface area contributed by atoms with E-state index in [0.29, 0.717) is 6.42 Å². The lowest BCUT2D eigenvalue weighted by Crippen LogP contribution is -2.41. The van der Waals surface area contributed by atoms with Gasteiger partial charge in [0.2, 0.25) is 5.91 Å². The molecule has 0 N–H and O–H groups in total. The first-order chi connectivity index (χ1) is 12.3. The third kappa shape index (κ3) is 3.20. The minimum atomic E-state index is 0.00219. The van der Waals surface area contributed by atoms with Crippen LogP contribution >= 0.6 is 0 Å². The van der Waals surface area contributed by atoms with Gasteiger partial charge in [0, 0.05) is 6.54 Å². The number of carbonyl (C=O) groups excluding carboxylic acids is 1. The van der Waals surface area contributed by atoms with E-state index in [2.05, 4.69) is 36.4 Å². The monoisotopic (exact) mass is 327 g/mol. The number of hydrogen-bond acceptors (Lipinski definition) is 1. The van der Waals surface area contributed by atoms with Crippen molar-refractivity contribution in [3.05, 3.63) is 107 Å². The second-order valence-corrected chi connectivity index (χ2v) is 6.51. The fourth-order valence-electron chi connectivity index (χ4n) is 3.70. The number of hydrogen-bond donors (Lipinski definition) is 0. The molecule has 124 valence electrons. The quantitative estimate of drug-likeness (QED) is 0.698. The molecule has 0 fully saturated rings. The molecule has 0 bridgehead atoms. The van der Waals surface area contributed by atoms with Gasteiger partial charge in [-0.15, -0.1) is 0 Å². The number of fused-ring (bicyclic) bond motifs is 1. The third-order valence-corrected chi connectivity index (χ3v) is 4.92. The van der Waals surface area contributed by atoms with Crippen LogP contribution < -0.4 is 0 Å². The van der Waals surface area contributed by atoms with E-state index in [1.165, 1.54) is 16.7 Å². The fraction of sp³-hybridized carbons (Fsp3) is 0.174. The van der Waals surface area contributed by atoms with Gasteiger partial charge in [-0.05, 0) is 28.7 Å². The Hall–Kier alpha value is -2.87. The van der Waals surface area contributed by atoms with E-state index in [1.54, 1.807) is 0 Å². The van der Waals surface area contributed by atoms with Crippen molar-refractivity contribution in [3.63, 3.8) is 0 Å². The van der Waals surface area contributed by atoms with Crippen molar-refractivity contribution in [3.8, 4) is 0 Å². The summed E-state index contributed by atoms with van der Waals surface area (Å²) in [6.45, 7) is 0.766. The average molecular weight is 327 g/mol. The lowest BCUT2D eigenvalue weighted by molar-refractivity contribution is -0.132. The van der Waals surface area contributed by atoms with Crippen molar-refractivity contribution in [2.75, 3.05) is 6.54 Å². The highest BCUT2D eigenvalue weighted by atomic mass is 16.2. The number of benzene rings is 3. The molecule has 0 spiro atoms. The van der Waals surface area contributed by atoms with Crippen LogP contribution in [0.3, 0.4) is 0 Å². The predicted octanol–water partition coefficient (Wildman–Crippen LogP) is 4.40. The van der Waals surface area contributed by atoms with Crippen molar-refractivity contribution < 1.29 is 4.79 Å². The smallest absolute Gasteiger partial charge is 0.227 e. The Bertz CT molecular complexity index is 858. The molecule has 25 heavy (non-hydrogen) atoms. The van der Waals surface area contributed by atoms with Crippen LogP contribution in [-0.4, -0.2) is 17.4 Å². The van der Waals surface area contributed by atoms with Gasteiger partial charge in [-0.1, -0.05) is 84.9 Å². The highest BCUT2D eigenvalue weighted by Crippen LogP contribution is 2.35. The Morgan fingerprint density at radius 1 is 0.840 bits per heavy atom. The zero-order valence-electron chi connectivity index (χ0n) is 14.1. The molecule has 1 heterocycles. The molecule has 1 aliphatic rings. The summed E-state index contributed by atoms with van der Waals surface area (Å²) in [6.07, 6.45) is 1.37. The minimum Gasteiger partial charge on any atom is -0.331 e. The van der Waals surface area contributed by atoms with Gasteiger partial charge in [-0.3, -0.25) is 4.79 Å². The molecule has 2 nitrogen and oxygen atoms in total. The fourth-order valence-corrected chi connectivity index (χ4v) is 3.70. The summed E-state index contributed by atoms with van der Waals surface area (Å²) in [5, 5.41) is 0. The van der Waals surface area contributed by atoms with E-state index < -0.39 is 0 Å². The molecule has 4 rings (SSSR count). The molecule has 2 heteroatoms. The molecule has 1 atom stereocenters. The van der Waals surface area contributed by atoms with Crippen molar-refractivity contribution >= 4 is 5.91 Å². The van der Waals surface area contributed by atoms with Gasteiger partial charge in [0.15, 0.2) is 0 Å². The topological polar surface area (TPSA) is 20.3 Å². The van der Waals surface area contributed by atoms with Gasteiger partial charge in [-0.25, -0.2) is 0 Å². The second kappa shape index (κ2) is 6.94. The van der Waals surface area contributed by atoms with Crippen LogP contribution in [0.15, 0.2) is 84.9 Å². The number of nitrogens with zero attached hydrogens (tertiary/aromatic N) is 1. The summed E-state index contributed by atoms with van der Waals surface area (Å²) in [5.41, 5.74) is 4.84. The van der Waals surface area contributed by atoms with Crippen LogP contribution in [0.1, 0.15) is 28.3 Å². The predicted molar refractivity (Wildman–Crippen MR) is 100 cm³/mol. The summed E-state index contributed by atoms with van der Waals surface area (Å²) in [4.78, 5) is 15.1. The molecule has 0 saturated heterocycles. The maximum absolute atomic E-state index is 13.1. The van der Waals surface area contributed by atoms with E-state index in [9.17, 15) is 4.79 Å². The van der Waals surface area contributed by atoms with E-state index in [1.807, 2.05) is 53.4 Å². The Morgan fingerprint density at radius 3 is 2.24 bits per heavy atom. The molecule has 1 amide bonds. The molecule has 0 radical (unpaired) electrons. The van der Waals surface area contributed by atoms with Gasteiger partial charge in [0.1, 0.15) is 0 Å². The van der Waals surface area contributed by atoms with Gasteiger partial charge in [0.05, 0.1) is 12.5 Å². The molecule has 0 saturated carbocycles. The van der Waals surface area contributed by atoms with E-state index in [-0.39, 0.29) is 11.9 Å². The Balaban J connectivity index is 1.70. The highest BCUT2D eigenvalue weighted by Gasteiger charge is 2.31. The van der Waals surface area contributed by atoms with Crippen molar-refractivity contribution in [1.29, 1.82) is 0 Å². The summed E-state index contributed by atoms with van der Waals surface area (Å²) < 4.78 is 0. The molecule has 0 aliphatic carbocycles. The van der Waals surface area contributed by atoms with Gasteiger partial charge in [0.25, 0.3) is 0 Å². The van der Waals surface area contributed by atoms with Crippen LogP contribution in [0.25, 0.3) is 0 Å². The Labute approximate surface area is 148 Å². The van der Waals surface area contributed by atoms with Crippen LogP contribution in [0, 0.1) is 0 Å². The number of amides is 1. The van der Waals surface area contributed by atoms with Gasteiger partial charge < -0.3 is 4.90 Å². The van der Waals surface area contributed by atoms with Crippen LogP contribution in [0.5, 0.6) is 0 Å². The largest absolute Gasteiger partial charge is 0.331 e. The summed E-state index contributed by atoms with van der Waals surface area (Å²) in [6, 6.07) is 28.9. The minimum absolute atomic E-state index is 0.00219. The molecule has 1 unspecified atom stereocenters. The van der Waals surface area contributed by atoms with E-state index >= 15 is 0 Å². The van der Waals surface area contributed by atoms with Crippen LogP contribution in [0.4, 0.5) is 0 Å². The molecule has 3 aromatic carbocycles. The number of carbonyl (C=O) groups is 1. The summed E-state index contributed by atoms with van der Waals surface area (Å²) >= 11 is 0. The van der Waals surface area contributed by atoms with Crippen molar-refractivity contribution in [2.24, 2.45) is 0 Å². The molecular formula is C23H21NO. The maximum atomic E-state index is 13.1.